The molecule has 0 radical (unpaired) electrons. The quantitative estimate of drug-likeness (QED) is 0.463. The van der Waals surface area contributed by atoms with Gasteiger partial charge in [-0.2, -0.15) is 0 Å². The monoisotopic (exact) mass is 255 g/mol. The molecule has 0 saturated carbocycles. The van der Waals surface area contributed by atoms with Gasteiger partial charge in [-0.15, -0.1) is 0 Å². The van der Waals surface area contributed by atoms with Crippen molar-refractivity contribution in [2.75, 3.05) is 24.2 Å². The van der Waals surface area contributed by atoms with Gasteiger partial charge >= 0.3 is 0 Å². The van der Waals surface area contributed by atoms with Crippen molar-refractivity contribution in [1.29, 1.82) is 0 Å². The van der Waals surface area contributed by atoms with Crippen LogP contribution >= 0.6 is 22.6 Å². The molecule has 1 aliphatic rings. The predicted molar refractivity (Wildman–Crippen MR) is 50.7 cm³/mol. The van der Waals surface area contributed by atoms with Crippen LogP contribution in [0, 0.1) is 0 Å². The number of rotatable bonds is 4. The molecule has 0 bridgehead atoms. The van der Waals surface area contributed by atoms with Crippen molar-refractivity contribution in [3.05, 3.63) is 0 Å². The van der Waals surface area contributed by atoms with Gasteiger partial charge in [-0.3, -0.25) is 0 Å². The zero-order chi connectivity index (χ0) is 7.23. The molecule has 1 aliphatic heterocycles. The van der Waals surface area contributed by atoms with Crippen molar-refractivity contribution >= 4 is 22.6 Å². The van der Waals surface area contributed by atoms with E-state index < -0.39 is 0 Å². The van der Waals surface area contributed by atoms with Crippen LogP contribution in [0.4, 0.5) is 0 Å². The van der Waals surface area contributed by atoms with Crippen LogP contribution in [0.3, 0.4) is 0 Å². The Morgan fingerprint density at radius 3 is 3.10 bits per heavy atom. The molecule has 1 N–H and O–H groups in total. The predicted octanol–water partition coefficient (Wildman–Crippen LogP) is 1.19. The highest BCUT2D eigenvalue weighted by molar-refractivity contribution is 14.1. The third-order valence-electron chi connectivity index (χ3n) is 1.67. The topological polar surface area (TPSA) is 21.3 Å². The zero-order valence-electron chi connectivity index (χ0n) is 6.11. The minimum atomic E-state index is 0.642. The van der Waals surface area contributed by atoms with Gasteiger partial charge in [-0.05, 0) is 19.4 Å². The summed E-state index contributed by atoms with van der Waals surface area (Å²) in [6, 6.07) is 0.642. The van der Waals surface area contributed by atoms with Crippen molar-refractivity contribution < 1.29 is 4.74 Å². The van der Waals surface area contributed by atoms with Crippen LogP contribution in [0.1, 0.15) is 12.8 Å². The summed E-state index contributed by atoms with van der Waals surface area (Å²) in [7, 11) is 0. The van der Waals surface area contributed by atoms with Gasteiger partial charge in [0, 0.05) is 17.1 Å². The molecule has 1 unspecified atom stereocenters. The molecular weight excluding hydrogens is 241 g/mol. The van der Waals surface area contributed by atoms with Gasteiger partial charge in [-0.1, -0.05) is 22.6 Å². The van der Waals surface area contributed by atoms with Crippen molar-refractivity contribution in [1.82, 2.24) is 5.32 Å². The maximum atomic E-state index is 5.22. The van der Waals surface area contributed by atoms with Gasteiger partial charge in [0.15, 0.2) is 0 Å². The fraction of sp³-hybridized carbons (Fsp3) is 1.00. The summed E-state index contributed by atoms with van der Waals surface area (Å²) in [6.07, 6.45) is 2.47. The summed E-state index contributed by atoms with van der Waals surface area (Å²) >= 11 is 2.40. The first-order chi connectivity index (χ1) is 4.93. The molecule has 60 valence electrons. The third-order valence-corrected chi connectivity index (χ3v) is 2.44. The van der Waals surface area contributed by atoms with Gasteiger partial charge in [0.25, 0.3) is 0 Å². The van der Waals surface area contributed by atoms with Crippen LogP contribution in [0.2, 0.25) is 0 Å². The van der Waals surface area contributed by atoms with E-state index in [2.05, 4.69) is 27.9 Å². The number of hydrogen-bond donors (Lipinski definition) is 1. The SMILES string of the molecule is ICCCNC1CCOC1. The van der Waals surface area contributed by atoms with Crippen LogP contribution in [0.15, 0.2) is 0 Å². The van der Waals surface area contributed by atoms with Crippen LogP contribution in [-0.2, 0) is 4.74 Å². The molecule has 0 aromatic rings. The summed E-state index contributed by atoms with van der Waals surface area (Å²) in [5.41, 5.74) is 0. The Balaban J connectivity index is 1.91. The Morgan fingerprint density at radius 2 is 2.50 bits per heavy atom. The van der Waals surface area contributed by atoms with Crippen molar-refractivity contribution in [2.24, 2.45) is 0 Å². The lowest BCUT2D eigenvalue weighted by Crippen LogP contribution is -2.30. The van der Waals surface area contributed by atoms with Crippen LogP contribution in [-0.4, -0.2) is 30.2 Å². The first kappa shape index (κ1) is 8.74. The molecule has 10 heavy (non-hydrogen) atoms. The minimum Gasteiger partial charge on any atom is -0.380 e. The Bertz CT molecular complexity index is 83.7. The van der Waals surface area contributed by atoms with E-state index in [1.807, 2.05) is 0 Å². The van der Waals surface area contributed by atoms with E-state index in [1.165, 1.54) is 17.3 Å². The lowest BCUT2D eigenvalue weighted by atomic mass is 10.2. The van der Waals surface area contributed by atoms with Crippen LogP contribution < -0.4 is 5.32 Å². The van der Waals surface area contributed by atoms with Gasteiger partial charge < -0.3 is 10.1 Å². The number of hydrogen-bond acceptors (Lipinski definition) is 2. The number of nitrogens with one attached hydrogen (secondary N) is 1. The molecular formula is C7H14INO. The highest BCUT2D eigenvalue weighted by Gasteiger charge is 2.13. The van der Waals surface area contributed by atoms with Gasteiger partial charge in [0.1, 0.15) is 0 Å². The number of halogens is 1. The maximum Gasteiger partial charge on any atom is 0.0620 e. The van der Waals surface area contributed by atoms with Crippen molar-refractivity contribution in [3.8, 4) is 0 Å². The smallest absolute Gasteiger partial charge is 0.0620 e. The second-order valence-corrected chi connectivity index (χ2v) is 3.64. The summed E-state index contributed by atoms with van der Waals surface area (Å²) in [5.74, 6) is 0. The number of alkyl halides is 1. The molecule has 1 fully saturated rings. The Hall–Kier alpha value is 0.650. The molecule has 0 aromatic carbocycles. The van der Waals surface area contributed by atoms with Crippen LogP contribution in [0.5, 0.6) is 0 Å². The molecule has 0 aromatic heterocycles. The highest BCUT2D eigenvalue weighted by Crippen LogP contribution is 2.02. The van der Waals surface area contributed by atoms with E-state index in [1.54, 1.807) is 0 Å². The second-order valence-electron chi connectivity index (χ2n) is 2.56. The molecule has 2 nitrogen and oxygen atoms in total. The molecule has 1 rings (SSSR count). The number of ether oxygens (including phenoxy) is 1. The van der Waals surface area contributed by atoms with E-state index in [0.29, 0.717) is 6.04 Å². The zero-order valence-corrected chi connectivity index (χ0v) is 8.26. The lowest BCUT2D eigenvalue weighted by molar-refractivity contribution is 0.190. The highest BCUT2D eigenvalue weighted by atomic mass is 127. The van der Waals surface area contributed by atoms with Gasteiger partial charge in [-0.25, -0.2) is 0 Å². The van der Waals surface area contributed by atoms with Crippen LogP contribution in [0.25, 0.3) is 0 Å². The van der Waals surface area contributed by atoms with E-state index in [-0.39, 0.29) is 0 Å². The normalized spacial score (nSPS) is 25.5. The second kappa shape index (κ2) is 5.32. The molecule has 1 saturated heterocycles. The Labute approximate surface area is 75.8 Å². The first-order valence-electron chi connectivity index (χ1n) is 3.80. The first-order valence-corrected chi connectivity index (χ1v) is 5.33. The Kier molecular flexibility index (Phi) is 4.65. The fourth-order valence-corrected chi connectivity index (χ4v) is 1.45. The average molecular weight is 255 g/mol. The maximum absolute atomic E-state index is 5.22. The fourth-order valence-electron chi connectivity index (χ4n) is 1.07. The average Bonchev–Trinajstić information content (AvgIpc) is 2.41. The van der Waals surface area contributed by atoms with E-state index >= 15 is 0 Å². The Morgan fingerprint density at radius 1 is 1.60 bits per heavy atom. The molecule has 0 spiro atoms. The molecule has 3 heteroatoms. The molecule has 0 amide bonds. The lowest BCUT2D eigenvalue weighted by Gasteiger charge is -2.08. The van der Waals surface area contributed by atoms with Gasteiger partial charge in [0.05, 0.1) is 6.61 Å². The molecule has 0 aliphatic carbocycles. The van der Waals surface area contributed by atoms with E-state index in [9.17, 15) is 0 Å². The van der Waals surface area contributed by atoms with E-state index in [4.69, 9.17) is 4.74 Å². The largest absolute Gasteiger partial charge is 0.380 e. The standard InChI is InChI=1S/C7H14INO/c8-3-1-4-9-7-2-5-10-6-7/h7,9H,1-6H2. The molecule has 1 atom stereocenters. The summed E-state index contributed by atoms with van der Waals surface area (Å²) in [6.45, 7) is 3.01. The van der Waals surface area contributed by atoms with E-state index in [0.717, 1.165) is 19.8 Å². The summed E-state index contributed by atoms with van der Waals surface area (Å²) in [4.78, 5) is 0. The van der Waals surface area contributed by atoms with Crippen molar-refractivity contribution in [3.63, 3.8) is 0 Å². The minimum absolute atomic E-state index is 0.642. The third kappa shape index (κ3) is 3.16. The summed E-state index contributed by atoms with van der Waals surface area (Å²) < 4.78 is 6.47. The van der Waals surface area contributed by atoms with Gasteiger partial charge in [0.2, 0.25) is 0 Å². The summed E-state index contributed by atoms with van der Waals surface area (Å²) in [5, 5.41) is 3.45. The molecule has 1 heterocycles. The van der Waals surface area contributed by atoms with Crippen molar-refractivity contribution in [2.45, 2.75) is 18.9 Å².